The van der Waals surface area contributed by atoms with Gasteiger partial charge in [0.2, 0.25) is 0 Å². The summed E-state index contributed by atoms with van der Waals surface area (Å²) in [6.45, 7) is 15.8. The van der Waals surface area contributed by atoms with Crippen molar-refractivity contribution < 1.29 is 4.74 Å². The van der Waals surface area contributed by atoms with E-state index in [1.54, 1.807) is 0 Å². The lowest BCUT2D eigenvalue weighted by Gasteiger charge is -2.30. The van der Waals surface area contributed by atoms with E-state index in [1.165, 1.54) is 43.6 Å². The first-order chi connectivity index (χ1) is 10.4. The molecule has 0 radical (unpaired) electrons. The van der Waals surface area contributed by atoms with Crippen LogP contribution >= 0.6 is 0 Å². The molecule has 1 fully saturated rings. The monoisotopic (exact) mass is 303 g/mol. The maximum Gasteiger partial charge on any atom is 0.122 e. The summed E-state index contributed by atoms with van der Waals surface area (Å²) < 4.78 is 6.00. The van der Waals surface area contributed by atoms with Crippen molar-refractivity contribution in [2.45, 2.75) is 59.3 Å². The molecule has 1 aromatic rings. The van der Waals surface area contributed by atoms with Crippen molar-refractivity contribution in [3.05, 3.63) is 29.3 Å². The minimum Gasteiger partial charge on any atom is -0.493 e. The van der Waals surface area contributed by atoms with Crippen LogP contribution in [0.25, 0.3) is 0 Å². The van der Waals surface area contributed by atoms with Crippen LogP contribution in [0.2, 0.25) is 0 Å². The zero-order chi connectivity index (χ0) is 16.2. The van der Waals surface area contributed by atoms with E-state index in [0.29, 0.717) is 0 Å². The number of rotatable bonds is 5. The Morgan fingerprint density at radius 1 is 1.27 bits per heavy atom. The summed E-state index contributed by atoms with van der Waals surface area (Å²) >= 11 is 0. The third kappa shape index (κ3) is 5.01. The van der Waals surface area contributed by atoms with Crippen LogP contribution < -0.4 is 4.74 Å². The third-order valence-electron chi connectivity index (χ3n) is 4.66. The molecule has 1 unspecified atom stereocenters. The number of ether oxygens (including phenoxy) is 1. The molecule has 0 N–H and O–H groups in total. The fourth-order valence-electron chi connectivity index (χ4n) is 3.24. The molecule has 22 heavy (non-hydrogen) atoms. The van der Waals surface area contributed by atoms with Gasteiger partial charge in [0.25, 0.3) is 0 Å². The van der Waals surface area contributed by atoms with Gasteiger partial charge in [0, 0.05) is 13.1 Å². The number of piperidine rings is 1. The van der Waals surface area contributed by atoms with Gasteiger partial charge in [-0.2, -0.15) is 0 Å². The lowest BCUT2D eigenvalue weighted by molar-refractivity contribution is 0.170. The van der Waals surface area contributed by atoms with Crippen LogP contribution in [-0.4, -0.2) is 31.1 Å². The molecule has 0 bridgehead atoms. The molecule has 0 aliphatic carbocycles. The molecule has 2 nitrogen and oxygen atoms in total. The van der Waals surface area contributed by atoms with Gasteiger partial charge in [-0.05, 0) is 61.3 Å². The standard InChI is InChI=1S/C20H33NO/c1-16-8-6-11-21(15-16)12-7-13-22-19-10-9-18(14-17(19)2)20(3,4)5/h9-10,14,16H,6-8,11-13,15H2,1-5H3. The molecule has 1 saturated heterocycles. The first kappa shape index (κ1) is 17.3. The number of benzene rings is 1. The molecule has 1 aliphatic heterocycles. The lowest BCUT2D eigenvalue weighted by Crippen LogP contribution is -2.35. The van der Waals surface area contributed by atoms with Gasteiger partial charge in [0.05, 0.1) is 6.61 Å². The SMILES string of the molecule is Cc1cc(C(C)(C)C)ccc1OCCCN1CCCC(C)C1. The van der Waals surface area contributed by atoms with Gasteiger partial charge >= 0.3 is 0 Å². The van der Waals surface area contributed by atoms with Gasteiger partial charge in [-0.3, -0.25) is 0 Å². The zero-order valence-corrected chi connectivity index (χ0v) is 15.1. The topological polar surface area (TPSA) is 12.5 Å². The molecule has 2 heteroatoms. The summed E-state index contributed by atoms with van der Waals surface area (Å²) in [5.41, 5.74) is 2.83. The van der Waals surface area contributed by atoms with Crippen molar-refractivity contribution >= 4 is 0 Å². The first-order valence-corrected chi connectivity index (χ1v) is 8.82. The number of hydrogen-bond donors (Lipinski definition) is 0. The van der Waals surface area contributed by atoms with E-state index in [1.807, 2.05) is 0 Å². The quantitative estimate of drug-likeness (QED) is 0.725. The van der Waals surface area contributed by atoms with Crippen molar-refractivity contribution in [2.75, 3.05) is 26.2 Å². The summed E-state index contributed by atoms with van der Waals surface area (Å²) in [5, 5.41) is 0. The zero-order valence-electron chi connectivity index (χ0n) is 15.1. The van der Waals surface area contributed by atoms with Crippen molar-refractivity contribution in [3.63, 3.8) is 0 Å². The number of hydrogen-bond acceptors (Lipinski definition) is 2. The van der Waals surface area contributed by atoms with Gasteiger partial charge in [-0.15, -0.1) is 0 Å². The Labute approximate surface area is 136 Å². The van der Waals surface area contributed by atoms with Gasteiger partial charge in [-0.1, -0.05) is 39.8 Å². The second-order valence-electron chi connectivity index (χ2n) is 7.98. The fourth-order valence-corrected chi connectivity index (χ4v) is 3.24. The summed E-state index contributed by atoms with van der Waals surface area (Å²) in [7, 11) is 0. The Morgan fingerprint density at radius 3 is 2.68 bits per heavy atom. The molecule has 0 saturated carbocycles. The molecule has 1 heterocycles. The van der Waals surface area contributed by atoms with E-state index in [2.05, 4.69) is 57.7 Å². The molecule has 124 valence electrons. The van der Waals surface area contributed by atoms with Gasteiger partial charge in [0.1, 0.15) is 5.75 Å². The van der Waals surface area contributed by atoms with Crippen LogP contribution in [0.1, 0.15) is 58.1 Å². The smallest absolute Gasteiger partial charge is 0.122 e. The van der Waals surface area contributed by atoms with Crippen molar-refractivity contribution in [1.29, 1.82) is 0 Å². The molecule has 1 atom stereocenters. The van der Waals surface area contributed by atoms with E-state index in [4.69, 9.17) is 4.74 Å². The Balaban J connectivity index is 1.77. The summed E-state index contributed by atoms with van der Waals surface area (Å²) in [6.07, 6.45) is 3.87. The molecular formula is C20H33NO. The highest BCUT2D eigenvalue weighted by molar-refractivity contribution is 5.38. The summed E-state index contributed by atoms with van der Waals surface area (Å²) in [4.78, 5) is 2.59. The highest BCUT2D eigenvalue weighted by Crippen LogP contribution is 2.27. The average Bonchev–Trinajstić information content (AvgIpc) is 2.44. The number of nitrogens with zero attached hydrogens (tertiary/aromatic N) is 1. The molecular weight excluding hydrogens is 270 g/mol. The molecule has 0 amide bonds. The normalized spacial score (nSPS) is 20.1. The first-order valence-electron chi connectivity index (χ1n) is 8.82. The Bertz CT molecular complexity index is 475. The van der Waals surface area contributed by atoms with Gasteiger partial charge in [-0.25, -0.2) is 0 Å². The van der Waals surface area contributed by atoms with Crippen molar-refractivity contribution in [2.24, 2.45) is 5.92 Å². The van der Waals surface area contributed by atoms with Crippen LogP contribution in [0.3, 0.4) is 0 Å². The minimum atomic E-state index is 0.203. The van der Waals surface area contributed by atoms with Crippen LogP contribution in [-0.2, 0) is 5.41 Å². The van der Waals surface area contributed by atoms with Gasteiger partial charge in [0.15, 0.2) is 0 Å². The van der Waals surface area contributed by atoms with E-state index in [9.17, 15) is 0 Å². The fraction of sp³-hybridized carbons (Fsp3) is 0.700. The number of likely N-dealkylation sites (tertiary alicyclic amines) is 1. The number of aryl methyl sites for hydroxylation is 1. The maximum atomic E-state index is 6.00. The van der Waals surface area contributed by atoms with Crippen LogP contribution in [0.4, 0.5) is 0 Å². The second kappa shape index (κ2) is 7.50. The molecule has 2 rings (SSSR count). The van der Waals surface area contributed by atoms with E-state index >= 15 is 0 Å². The Kier molecular flexibility index (Phi) is 5.91. The minimum absolute atomic E-state index is 0.203. The molecule has 0 spiro atoms. The molecule has 0 aromatic heterocycles. The molecule has 1 aromatic carbocycles. The maximum absolute atomic E-state index is 6.00. The average molecular weight is 303 g/mol. The predicted molar refractivity (Wildman–Crippen MR) is 94.8 cm³/mol. The van der Waals surface area contributed by atoms with E-state index < -0.39 is 0 Å². The molecule has 1 aliphatic rings. The Hall–Kier alpha value is -1.02. The van der Waals surface area contributed by atoms with Crippen molar-refractivity contribution in [3.8, 4) is 5.75 Å². The Morgan fingerprint density at radius 2 is 2.05 bits per heavy atom. The van der Waals surface area contributed by atoms with Crippen LogP contribution in [0.15, 0.2) is 18.2 Å². The second-order valence-corrected chi connectivity index (χ2v) is 7.98. The van der Waals surface area contributed by atoms with Gasteiger partial charge < -0.3 is 9.64 Å². The van der Waals surface area contributed by atoms with E-state index in [0.717, 1.165) is 24.7 Å². The largest absolute Gasteiger partial charge is 0.493 e. The van der Waals surface area contributed by atoms with Crippen molar-refractivity contribution in [1.82, 2.24) is 4.90 Å². The van der Waals surface area contributed by atoms with Crippen LogP contribution in [0, 0.1) is 12.8 Å². The summed E-state index contributed by atoms with van der Waals surface area (Å²) in [6, 6.07) is 6.61. The summed E-state index contributed by atoms with van der Waals surface area (Å²) in [5.74, 6) is 1.90. The third-order valence-corrected chi connectivity index (χ3v) is 4.66. The highest BCUT2D eigenvalue weighted by atomic mass is 16.5. The predicted octanol–water partition coefficient (Wildman–Crippen LogP) is 4.79. The lowest BCUT2D eigenvalue weighted by atomic mass is 9.86. The highest BCUT2D eigenvalue weighted by Gasteiger charge is 2.16. The van der Waals surface area contributed by atoms with Crippen LogP contribution in [0.5, 0.6) is 5.75 Å². The van der Waals surface area contributed by atoms with E-state index in [-0.39, 0.29) is 5.41 Å².